The first-order valence-electron chi connectivity index (χ1n) is 44.6. The van der Waals surface area contributed by atoms with Gasteiger partial charge in [-0.15, -0.1) is 0 Å². The minimum atomic E-state index is -1.68. The van der Waals surface area contributed by atoms with Crippen LogP contribution in [0.3, 0.4) is 0 Å². The Kier molecular flexibility index (Phi) is 28.6. The van der Waals surface area contributed by atoms with Crippen LogP contribution in [0.15, 0.2) is 48.6 Å². The normalized spacial score (nSPS) is 43.2. The highest BCUT2D eigenvalue weighted by Gasteiger charge is 2.67. The van der Waals surface area contributed by atoms with Gasteiger partial charge in [-0.25, -0.2) is 9.59 Å². The van der Waals surface area contributed by atoms with Crippen molar-refractivity contribution in [1.82, 2.24) is 0 Å². The lowest BCUT2D eigenvalue weighted by Crippen LogP contribution is -2.63. The number of carbonyl (C=O) groups is 6. The van der Waals surface area contributed by atoms with Crippen molar-refractivity contribution in [3.63, 3.8) is 0 Å². The predicted molar refractivity (Wildman–Crippen MR) is 430 cm³/mol. The standard InChI is InChI=1S/C92H142O24/c1-21-63(81(97)98)67-33-27-49(7)77(107-67)57(15)73(93)55(13)75(95)65(23-3)79-51(9)47-53(11)89(111-79)41-37-71(91(115-89)45-43-85(19,113-91)69-35-39-87(103,25-5)59(17)105-69)109-83(101)61-29-31-62(32-30-61)84(102)110-72-38-42-90(116-92(72)46-44-86(20,114-92)70-36-40-88(104,26-6)60(18)106-70)54(12)48-52(10)80(112-90)66(24-4)76(96)56(14)74(94)58(16)78-50(8)28-34-68(108-78)64(22-2)82(99)100/h29-32,37-38,41-42,49-60,63-74,77-80,93-94,103-104H,21-28,33-36,39-40,43-48H2,1-20H3,(H,97,98)(H,99,100)/t49-,50-,51-,52-,53+,54+,55-,56-,57-,58-,59-,60-,63+,64+,65-,66-,67+,68+,69+,70+,71+,72+,73+,74+,77+,78+,79-,80-,85-,86-,87+,88+,89-,90-,91-,92-/m0/s1. The van der Waals surface area contributed by atoms with E-state index in [9.17, 15) is 49.8 Å². The van der Waals surface area contributed by atoms with Gasteiger partial charge in [-0.1, -0.05) is 111 Å². The second-order valence-corrected chi connectivity index (χ2v) is 38.2. The van der Waals surface area contributed by atoms with E-state index < -0.39 is 202 Å². The van der Waals surface area contributed by atoms with Crippen LogP contribution in [0.5, 0.6) is 0 Å². The molecule has 10 aliphatic heterocycles. The molecule has 0 radical (unpaired) electrons. The van der Waals surface area contributed by atoms with Gasteiger partial charge in [0, 0.05) is 60.2 Å². The molecule has 116 heavy (non-hydrogen) atoms. The highest BCUT2D eigenvalue weighted by molar-refractivity contribution is 5.93. The van der Waals surface area contributed by atoms with E-state index in [4.69, 9.17) is 56.8 Å². The van der Waals surface area contributed by atoms with E-state index in [0.29, 0.717) is 103 Å². The lowest BCUT2D eigenvalue weighted by atomic mass is 9.72. The lowest BCUT2D eigenvalue weighted by molar-refractivity contribution is -0.408. The van der Waals surface area contributed by atoms with Gasteiger partial charge in [0.05, 0.1) is 119 Å². The molecule has 0 aromatic heterocycles. The van der Waals surface area contributed by atoms with Gasteiger partial charge in [0.15, 0.2) is 23.8 Å². The summed E-state index contributed by atoms with van der Waals surface area (Å²) in [6.07, 6.45) is 6.57. The average molecular weight is 1630 g/mol. The van der Waals surface area contributed by atoms with Gasteiger partial charge < -0.3 is 87.5 Å². The molecule has 0 aliphatic carbocycles. The topological polar surface area (TPSA) is 335 Å². The Bertz CT molecular complexity index is 3430. The summed E-state index contributed by atoms with van der Waals surface area (Å²) in [5.41, 5.74) is -3.91. The van der Waals surface area contributed by atoms with Crippen molar-refractivity contribution in [3.8, 4) is 0 Å². The minimum absolute atomic E-state index is 0.0199. The minimum Gasteiger partial charge on any atom is -0.481 e. The summed E-state index contributed by atoms with van der Waals surface area (Å²) in [4.78, 5) is 84.7. The van der Waals surface area contributed by atoms with Gasteiger partial charge in [0.2, 0.25) is 11.6 Å². The molecule has 10 heterocycles. The third kappa shape index (κ3) is 17.7. The number of aliphatic carboxylic acids is 2. The molecule has 24 nitrogen and oxygen atoms in total. The van der Waals surface area contributed by atoms with Gasteiger partial charge >= 0.3 is 23.9 Å². The van der Waals surface area contributed by atoms with E-state index in [-0.39, 0.29) is 71.0 Å². The Balaban J connectivity index is 0.836. The summed E-state index contributed by atoms with van der Waals surface area (Å²) < 4.78 is 83.6. The van der Waals surface area contributed by atoms with Crippen LogP contribution >= 0.6 is 0 Å². The first-order chi connectivity index (χ1) is 54.5. The van der Waals surface area contributed by atoms with E-state index in [0.717, 1.165) is 12.8 Å². The van der Waals surface area contributed by atoms with Crippen LogP contribution in [0.25, 0.3) is 0 Å². The van der Waals surface area contributed by atoms with Crippen LogP contribution in [0.2, 0.25) is 0 Å². The number of hydrogen-bond donors (Lipinski definition) is 6. The van der Waals surface area contributed by atoms with Crippen molar-refractivity contribution in [2.75, 3.05) is 0 Å². The Morgan fingerprint density at radius 2 is 0.793 bits per heavy atom. The molecule has 4 spiro atoms. The van der Waals surface area contributed by atoms with Gasteiger partial charge in [0.25, 0.3) is 0 Å². The zero-order valence-corrected chi connectivity index (χ0v) is 73.0. The monoisotopic (exact) mass is 1630 g/mol. The largest absolute Gasteiger partial charge is 0.481 e. The number of rotatable bonds is 28. The maximum absolute atomic E-state index is 15.1. The Morgan fingerprint density at radius 1 is 0.448 bits per heavy atom. The number of hydrogen-bond acceptors (Lipinski definition) is 22. The Labute approximate surface area is 688 Å². The highest BCUT2D eigenvalue weighted by Crippen LogP contribution is 2.58. The van der Waals surface area contributed by atoms with Crippen LogP contribution in [0.4, 0.5) is 0 Å². The molecule has 8 saturated heterocycles. The summed E-state index contributed by atoms with van der Waals surface area (Å²) >= 11 is 0. The second kappa shape index (κ2) is 36.0. The summed E-state index contributed by atoms with van der Waals surface area (Å²) in [5, 5.41) is 67.6. The number of benzene rings is 1. The summed E-state index contributed by atoms with van der Waals surface area (Å²) in [5.74, 6) is -16.4. The fourth-order valence-electron chi connectivity index (χ4n) is 22.3. The number of aliphatic hydroxyl groups is 4. The Hall–Kier alpha value is -4.64. The van der Waals surface area contributed by atoms with Crippen LogP contribution < -0.4 is 0 Å². The highest BCUT2D eigenvalue weighted by atomic mass is 16.8. The molecule has 654 valence electrons. The maximum Gasteiger partial charge on any atom is 0.338 e. The van der Waals surface area contributed by atoms with Crippen molar-refractivity contribution in [2.45, 2.75) is 398 Å². The van der Waals surface area contributed by atoms with Crippen molar-refractivity contribution in [2.24, 2.45) is 82.9 Å². The van der Waals surface area contributed by atoms with Crippen LogP contribution in [0.1, 0.15) is 288 Å². The van der Waals surface area contributed by atoms with Gasteiger partial charge in [-0.2, -0.15) is 0 Å². The van der Waals surface area contributed by atoms with Crippen LogP contribution in [0, 0.1) is 82.9 Å². The number of esters is 2. The zero-order valence-electron chi connectivity index (χ0n) is 73.0. The molecule has 1 aromatic rings. The molecule has 0 amide bonds. The molecule has 6 N–H and O–H groups in total. The molecular formula is C92H142O24. The number of ether oxygens (including phenoxy) is 12. The molecule has 1 aromatic carbocycles. The lowest BCUT2D eigenvalue weighted by Gasteiger charge is -2.54. The number of carbonyl (C=O) groups excluding carboxylic acids is 4. The second-order valence-electron chi connectivity index (χ2n) is 38.2. The van der Waals surface area contributed by atoms with Crippen molar-refractivity contribution >= 4 is 35.4 Å². The van der Waals surface area contributed by atoms with Crippen LogP contribution in [-0.2, 0) is 76.0 Å². The first-order valence-corrected chi connectivity index (χ1v) is 44.6. The summed E-state index contributed by atoms with van der Waals surface area (Å²) in [6, 6.07) is 5.95. The number of carboxylic acids is 2. The van der Waals surface area contributed by atoms with E-state index >= 15 is 9.59 Å². The van der Waals surface area contributed by atoms with Crippen molar-refractivity contribution < 1.29 is 116 Å². The van der Waals surface area contributed by atoms with Crippen LogP contribution in [-0.4, -0.2) is 197 Å². The van der Waals surface area contributed by atoms with Gasteiger partial charge in [-0.05, 0) is 216 Å². The average Bonchev–Trinajstić information content (AvgIpc) is 1.50. The van der Waals surface area contributed by atoms with E-state index in [2.05, 4.69) is 13.8 Å². The van der Waals surface area contributed by atoms with Gasteiger partial charge in [-0.3, -0.25) is 19.2 Å². The Morgan fingerprint density at radius 3 is 1.10 bits per heavy atom. The maximum atomic E-state index is 15.1. The predicted octanol–water partition coefficient (Wildman–Crippen LogP) is 14.4. The van der Waals surface area contributed by atoms with E-state index in [1.807, 2.05) is 111 Å². The summed E-state index contributed by atoms with van der Waals surface area (Å²) in [6.45, 7) is 38.6. The number of Topliss-reactive ketones (excluding diaryl/α,β-unsaturated/α-hetero) is 2. The molecule has 11 rings (SSSR count). The summed E-state index contributed by atoms with van der Waals surface area (Å²) in [7, 11) is 0. The van der Waals surface area contributed by atoms with Crippen molar-refractivity contribution in [3.05, 3.63) is 59.7 Å². The number of aliphatic hydroxyl groups excluding tert-OH is 2. The molecule has 0 unspecified atom stereocenters. The molecule has 0 saturated carbocycles. The molecular weight excluding hydrogens is 1490 g/mol. The third-order valence-corrected chi connectivity index (χ3v) is 30.7. The molecule has 8 fully saturated rings. The fraction of sp³-hybridized carbons (Fsp3) is 0.826. The van der Waals surface area contributed by atoms with Gasteiger partial charge in [0.1, 0.15) is 11.6 Å². The third-order valence-electron chi connectivity index (χ3n) is 30.7. The SMILES string of the molecule is CC[C@@H](C(=O)[C@@H](C)[C@@H](O)[C@H](C)[C@@H]1O[C@@H]([C@@H](CC)C(=O)O)CC[C@@H]1C)[C@H]1O[C@]2(C=C[C@@H](OC(=O)c3ccc(C(=O)O[C@@H]4C=C[C@]5(O[C@H]([C@@H](CC)C(=O)[C@@H](C)[C@@H](O)[C@H](C)[C@@H]6O[C@@H]([C@@H](CC)C(=O)O)CC[C@@H]6C)[C@@H](C)C[C@H]5C)O[C@@]45CC[C@@](C)([C@H]4CC[C@](O)(CC)[C@H](C)O4)O5)cc3)[C@]3(CC[C@@](C)([C@H]4CC[C@](O)(CC)[C@H](C)O4)O3)O2)[C@H](C)C[C@@H]1C. The molecule has 10 aliphatic rings. The zero-order chi connectivity index (χ0) is 85.1. The number of ketones is 2. The van der Waals surface area contributed by atoms with E-state index in [1.165, 1.54) is 24.3 Å². The quantitative estimate of drug-likeness (QED) is 0.0335. The molecule has 0 bridgehead atoms. The number of carboxylic acid groups (broad SMARTS) is 2. The van der Waals surface area contributed by atoms with Crippen molar-refractivity contribution in [1.29, 1.82) is 0 Å². The molecule has 36 atom stereocenters. The smallest absolute Gasteiger partial charge is 0.338 e. The van der Waals surface area contributed by atoms with E-state index in [1.54, 1.807) is 38.2 Å². The fourth-order valence-corrected chi connectivity index (χ4v) is 22.3. The first kappa shape index (κ1) is 92.1. The molecule has 24 heteroatoms.